The normalized spacial score (nSPS) is 23.6. The van der Waals surface area contributed by atoms with Crippen LogP contribution >= 0.6 is 0 Å². The zero-order chi connectivity index (χ0) is 15.4. The van der Waals surface area contributed by atoms with E-state index >= 15 is 0 Å². The lowest BCUT2D eigenvalue weighted by Crippen LogP contribution is -2.52. The van der Waals surface area contributed by atoms with Gasteiger partial charge in [0.1, 0.15) is 6.10 Å². The number of piperidine rings is 1. The lowest BCUT2D eigenvalue weighted by molar-refractivity contribution is -0.131. The molecule has 0 radical (unpaired) electrons. The quantitative estimate of drug-likeness (QED) is 0.887. The molecule has 1 amide bonds. The molecule has 2 N–H and O–H groups in total. The topological polar surface area (TPSA) is 50.4 Å². The number of ether oxygens (including phenoxy) is 1. The van der Waals surface area contributed by atoms with Gasteiger partial charge in [-0.05, 0) is 37.6 Å². The summed E-state index contributed by atoms with van der Waals surface area (Å²) in [7, 11) is 1.47. The van der Waals surface area contributed by atoms with Gasteiger partial charge >= 0.3 is 0 Å². The van der Waals surface area contributed by atoms with Crippen LogP contribution in [0.25, 0.3) is 0 Å². The van der Waals surface area contributed by atoms with Gasteiger partial charge in [-0.2, -0.15) is 0 Å². The van der Waals surface area contributed by atoms with Crippen molar-refractivity contribution in [2.75, 3.05) is 20.2 Å². The Morgan fingerprint density at radius 1 is 1.43 bits per heavy atom. The molecule has 116 valence electrons. The third-order valence-corrected chi connectivity index (χ3v) is 3.90. The summed E-state index contributed by atoms with van der Waals surface area (Å²) in [6, 6.07) is 3.75. The predicted octanol–water partition coefficient (Wildman–Crippen LogP) is 1.56. The molecule has 1 heterocycles. The third kappa shape index (κ3) is 3.77. The second-order valence-electron chi connectivity index (χ2n) is 5.27. The smallest absolute Gasteiger partial charge is 0.249 e. The number of methoxy groups -OCH3 is 1. The molecule has 3 unspecified atom stereocenters. The van der Waals surface area contributed by atoms with Gasteiger partial charge in [-0.1, -0.05) is 6.07 Å². The molecule has 6 heteroatoms. The maximum absolute atomic E-state index is 13.4. The minimum absolute atomic E-state index is 0.0469. The van der Waals surface area contributed by atoms with E-state index in [2.05, 4.69) is 10.6 Å². The van der Waals surface area contributed by atoms with Gasteiger partial charge in [0.25, 0.3) is 0 Å². The Morgan fingerprint density at radius 3 is 2.86 bits per heavy atom. The lowest BCUT2D eigenvalue weighted by atomic mass is 9.86. The minimum Gasteiger partial charge on any atom is -0.372 e. The van der Waals surface area contributed by atoms with Crippen molar-refractivity contribution in [3.05, 3.63) is 35.4 Å². The first kappa shape index (κ1) is 15.9. The van der Waals surface area contributed by atoms with Crippen LogP contribution in [0.5, 0.6) is 0 Å². The second kappa shape index (κ2) is 6.95. The van der Waals surface area contributed by atoms with Crippen molar-refractivity contribution >= 4 is 5.91 Å². The monoisotopic (exact) mass is 298 g/mol. The largest absolute Gasteiger partial charge is 0.372 e. The number of benzene rings is 1. The van der Waals surface area contributed by atoms with Crippen molar-refractivity contribution in [2.45, 2.75) is 31.4 Å². The van der Waals surface area contributed by atoms with E-state index in [1.807, 2.05) is 0 Å². The molecule has 0 saturated carbocycles. The molecule has 4 nitrogen and oxygen atoms in total. The van der Waals surface area contributed by atoms with Crippen LogP contribution in [0.1, 0.15) is 24.8 Å². The lowest BCUT2D eigenvalue weighted by Gasteiger charge is -2.33. The molecular weight excluding hydrogens is 278 g/mol. The van der Waals surface area contributed by atoms with E-state index in [4.69, 9.17) is 4.74 Å². The summed E-state index contributed by atoms with van der Waals surface area (Å²) >= 11 is 0. The van der Waals surface area contributed by atoms with Crippen molar-refractivity contribution in [3.63, 3.8) is 0 Å². The van der Waals surface area contributed by atoms with E-state index in [9.17, 15) is 13.6 Å². The van der Waals surface area contributed by atoms with Crippen LogP contribution in [-0.4, -0.2) is 38.3 Å². The highest BCUT2D eigenvalue weighted by Crippen LogP contribution is 2.27. The Kier molecular flexibility index (Phi) is 5.25. The molecule has 0 aromatic heterocycles. The predicted molar refractivity (Wildman–Crippen MR) is 75.0 cm³/mol. The van der Waals surface area contributed by atoms with Crippen molar-refractivity contribution in [2.24, 2.45) is 0 Å². The Morgan fingerprint density at radius 2 is 2.19 bits per heavy atom. The van der Waals surface area contributed by atoms with E-state index in [1.165, 1.54) is 13.2 Å². The number of hydrogen-bond acceptors (Lipinski definition) is 3. The van der Waals surface area contributed by atoms with E-state index in [0.29, 0.717) is 12.1 Å². The fraction of sp³-hybridized carbons (Fsp3) is 0.533. The van der Waals surface area contributed by atoms with Gasteiger partial charge in [0.05, 0.1) is 0 Å². The Balaban J connectivity index is 2.14. The molecule has 3 atom stereocenters. The van der Waals surface area contributed by atoms with Gasteiger partial charge in [-0.3, -0.25) is 4.79 Å². The molecule has 1 aliphatic heterocycles. The van der Waals surface area contributed by atoms with Crippen LogP contribution in [0.3, 0.4) is 0 Å². The average Bonchev–Trinajstić information content (AvgIpc) is 2.49. The number of amides is 1. The van der Waals surface area contributed by atoms with Gasteiger partial charge in [0, 0.05) is 25.6 Å². The summed E-state index contributed by atoms with van der Waals surface area (Å²) < 4.78 is 31.4. The van der Waals surface area contributed by atoms with E-state index < -0.39 is 17.7 Å². The Hall–Kier alpha value is -1.53. The van der Waals surface area contributed by atoms with Crippen LogP contribution in [0, 0.1) is 11.6 Å². The molecule has 1 fully saturated rings. The summed E-state index contributed by atoms with van der Waals surface area (Å²) in [5, 5.41) is 6.11. The second-order valence-corrected chi connectivity index (χ2v) is 5.27. The maximum atomic E-state index is 13.4. The molecular formula is C15H20F2N2O2. The number of halogens is 2. The SMILES string of the molecule is COC(C)C(=O)NC1CNCCC1c1ccc(F)c(F)c1. The average molecular weight is 298 g/mol. The van der Waals surface area contributed by atoms with Crippen molar-refractivity contribution in [1.82, 2.24) is 10.6 Å². The molecule has 2 rings (SSSR count). The number of carbonyl (C=O) groups is 1. The van der Waals surface area contributed by atoms with Gasteiger partial charge < -0.3 is 15.4 Å². The highest BCUT2D eigenvalue weighted by Gasteiger charge is 2.29. The first-order valence-electron chi connectivity index (χ1n) is 7.01. The fourth-order valence-electron chi connectivity index (χ4n) is 2.56. The summed E-state index contributed by atoms with van der Waals surface area (Å²) in [5.41, 5.74) is 0.700. The van der Waals surface area contributed by atoms with Crippen LogP contribution in [0.15, 0.2) is 18.2 Å². The maximum Gasteiger partial charge on any atom is 0.249 e. The van der Waals surface area contributed by atoms with Crippen molar-refractivity contribution < 1.29 is 18.3 Å². The number of hydrogen-bond donors (Lipinski definition) is 2. The first-order valence-corrected chi connectivity index (χ1v) is 7.01. The first-order chi connectivity index (χ1) is 10.0. The van der Waals surface area contributed by atoms with Crippen LogP contribution in [0.4, 0.5) is 8.78 Å². The zero-order valence-electron chi connectivity index (χ0n) is 12.2. The molecule has 21 heavy (non-hydrogen) atoms. The summed E-state index contributed by atoms with van der Waals surface area (Å²) in [6.07, 6.45) is 0.203. The van der Waals surface area contributed by atoms with Gasteiger partial charge in [-0.25, -0.2) is 8.78 Å². The fourth-order valence-corrected chi connectivity index (χ4v) is 2.56. The molecule has 1 saturated heterocycles. The Labute approximate surface area is 122 Å². The van der Waals surface area contributed by atoms with Gasteiger partial charge in [0.2, 0.25) is 5.91 Å². The third-order valence-electron chi connectivity index (χ3n) is 3.90. The minimum atomic E-state index is -0.860. The van der Waals surface area contributed by atoms with E-state index in [0.717, 1.165) is 19.0 Å². The van der Waals surface area contributed by atoms with Crippen LogP contribution in [0.2, 0.25) is 0 Å². The summed E-state index contributed by atoms with van der Waals surface area (Å²) in [5.74, 6) is -1.98. The van der Waals surface area contributed by atoms with Crippen LogP contribution < -0.4 is 10.6 Å². The van der Waals surface area contributed by atoms with Crippen molar-refractivity contribution in [3.8, 4) is 0 Å². The highest BCUT2D eigenvalue weighted by molar-refractivity contribution is 5.80. The highest BCUT2D eigenvalue weighted by atomic mass is 19.2. The number of nitrogens with one attached hydrogen (secondary N) is 2. The van der Waals surface area contributed by atoms with E-state index in [1.54, 1.807) is 13.0 Å². The van der Waals surface area contributed by atoms with E-state index in [-0.39, 0.29) is 17.9 Å². The molecule has 0 bridgehead atoms. The summed E-state index contributed by atoms with van der Waals surface area (Å²) in [4.78, 5) is 11.9. The molecule has 1 aliphatic rings. The molecule has 0 spiro atoms. The Bertz CT molecular complexity index is 510. The standard InChI is InChI=1S/C15H20F2N2O2/c1-9(21-2)15(20)19-14-8-18-6-5-11(14)10-3-4-12(16)13(17)7-10/h3-4,7,9,11,14,18H,5-6,8H2,1-2H3,(H,19,20). The number of rotatable bonds is 4. The van der Waals surface area contributed by atoms with Gasteiger partial charge in [0.15, 0.2) is 11.6 Å². The van der Waals surface area contributed by atoms with Gasteiger partial charge in [-0.15, -0.1) is 0 Å². The summed E-state index contributed by atoms with van der Waals surface area (Å²) in [6.45, 7) is 3.03. The van der Waals surface area contributed by atoms with Crippen molar-refractivity contribution in [1.29, 1.82) is 0 Å². The molecule has 1 aromatic rings. The van der Waals surface area contributed by atoms with Crippen LogP contribution in [-0.2, 0) is 9.53 Å². The zero-order valence-corrected chi connectivity index (χ0v) is 12.2. The molecule has 1 aromatic carbocycles. The molecule has 0 aliphatic carbocycles. The number of carbonyl (C=O) groups excluding carboxylic acids is 1.